The Hall–Kier alpha value is -3.03. The van der Waals surface area contributed by atoms with Crippen molar-refractivity contribution in [1.29, 1.82) is 0 Å². The maximum atomic E-state index is 13.4. The zero-order chi connectivity index (χ0) is 15.4. The molecule has 1 heterocycles. The molecule has 0 fully saturated rings. The molecule has 0 saturated carbocycles. The van der Waals surface area contributed by atoms with Gasteiger partial charge in [0.05, 0.1) is 23.7 Å². The molecule has 0 bridgehead atoms. The molecule has 0 aliphatic carbocycles. The van der Waals surface area contributed by atoms with Crippen molar-refractivity contribution in [3.05, 3.63) is 58.2 Å². The molecule has 8 heteroatoms. The number of benzene rings is 1. The fourth-order valence-electron chi connectivity index (χ4n) is 1.64. The first-order valence-corrected chi connectivity index (χ1v) is 5.77. The predicted molar refractivity (Wildman–Crippen MR) is 71.8 cm³/mol. The summed E-state index contributed by atoms with van der Waals surface area (Å²) in [6.07, 6.45) is 1.20. The highest BCUT2D eigenvalue weighted by Gasteiger charge is 2.19. The smallest absolute Gasteiger partial charge is 0.296 e. The maximum Gasteiger partial charge on any atom is 0.296 e. The van der Waals surface area contributed by atoms with E-state index < -0.39 is 16.8 Å². The number of carbonyl (C=O) groups excluding carboxylic acids is 1. The fraction of sp³-hybridized carbons (Fsp3) is 0.0769. The molecule has 1 aromatic carbocycles. The quantitative estimate of drug-likeness (QED) is 0.530. The first-order chi connectivity index (χ1) is 10.0. The van der Waals surface area contributed by atoms with Crippen molar-refractivity contribution in [2.75, 3.05) is 12.4 Å². The number of methoxy groups -OCH3 is 1. The molecule has 0 unspecified atom stereocenters. The summed E-state index contributed by atoms with van der Waals surface area (Å²) in [5, 5.41) is 13.3. The summed E-state index contributed by atoms with van der Waals surface area (Å²) in [5.41, 5.74) is -0.719. The number of amides is 1. The SMILES string of the molecule is COc1ccc(NC(=O)c2cccnc2F)c([N+](=O)[O-])c1. The summed E-state index contributed by atoms with van der Waals surface area (Å²) in [7, 11) is 1.36. The van der Waals surface area contributed by atoms with E-state index in [2.05, 4.69) is 10.3 Å². The van der Waals surface area contributed by atoms with E-state index in [9.17, 15) is 19.3 Å². The molecule has 1 amide bonds. The zero-order valence-electron chi connectivity index (χ0n) is 10.9. The van der Waals surface area contributed by atoms with Crippen molar-refractivity contribution in [3.8, 4) is 5.75 Å². The van der Waals surface area contributed by atoms with Gasteiger partial charge in [-0.05, 0) is 24.3 Å². The van der Waals surface area contributed by atoms with Crippen LogP contribution in [-0.2, 0) is 0 Å². The van der Waals surface area contributed by atoms with Crippen LogP contribution in [0.2, 0.25) is 0 Å². The van der Waals surface area contributed by atoms with Crippen LogP contribution in [0.1, 0.15) is 10.4 Å². The second kappa shape index (κ2) is 5.95. The predicted octanol–water partition coefficient (Wildman–Crippen LogP) is 2.39. The first kappa shape index (κ1) is 14.4. The lowest BCUT2D eigenvalue weighted by Crippen LogP contribution is -2.15. The lowest BCUT2D eigenvalue weighted by molar-refractivity contribution is -0.384. The topological polar surface area (TPSA) is 94.4 Å². The Labute approximate surface area is 118 Å². The Morgan fingerprint density at radius 3 is 2.81 bits per heavy atom. The summed E-state index contributed by atoms with van der Waals surface area (Å²) in [6.45, 7) is 0. The average Bonchev–Trinajstić information content (AvgIpc) is 2.47. The molecule has 108 valence electrons. The van der Waals surface area contributed by atoms with Gasteiger partial charge in [-0.15, -0.1) is 0 Å². The molecule has 0 aliphatic rings. The minimum atomic E-state index is -0.953. The number of carbonyl (C=O) groups is 1. The van der Waals surface area contributed by atoms with Crippen LogP contribution in [0, 0.1) is 16.1 Å². The zero-order valence-corrected chi connectivity index (χ0v) is 10.9. The maximum absolute atomic E-state index is 13.4. The van der Waals surface area contributed by atoms with Crippen LogP contribution >= 0.6 is 0 Å². The van der Waals surface area contributed by atoms with Crippen LogP contribution in [0.4, 0.5) is 15.8 Å². The summed E-state index contributed by atoms with van der Waals surface area (Å²) in [5.74, 6) is -1.51. The molecule has 7 nitrogen and oxygen atoms in total. The summed E-state index contributed by atoms with van der Waals surface area (Å²) in [4.78, 5) is 25.6. The van der Waals surface area contributed by atoms with Gasteiger partial charge in [0.1, 0.15) is 11.4 Å². The Morgan fingerprint density at radius 2 is 2.19 bits per heavy atom. The van der Waals surface area contributed by atoms with Crippen molar-refractivity contribution in [1.82, 2.24) is 4.98 Å². The molecule has 0 atom stereocenters. The van der Waals surface area contributed by atoms with Crippen LogP contribution in [0.25, 0.3) is 0 Å². The molecule has 1 N–H and O–H groups in total. The number of hydrogen-bond acceptors (Lipinski definition) is 5. The highest BCUT2D eigenvalue weighted by molar-refractivity contribution is 6.05. The van der Waals surface area contributed by atoms with Crippen LogP contribution in [0.5, 0.6) is 5.75 Å². The lowest BCUT2D eigenvalue weighted by atomic mass is 10.2. The summed E-state index contributed by atoms with van der Waals surface area (Å²) >= 11 is 0. The molecule has 1 aromatic heterocycles. The minimum Gasteiger partial charge on any atom is -0.496 e. The van der Waals surface area contributed by atoms with Crippen molar-refractivity contribution in [2.45, 2.75) is 0 Å². The second-order valence-electron chi connectivity index (χ2n) is 3.94. The minimum absolute atomic E-state index is 0.0611. The Bertz CT molecular complexity index is 706. The Morgan fingerprint density at radius 1 is 1.43 bits per heavy atom. The van der Waals surface area contributed by atoms with Gasteiger partial charge in [0.25, 0.3) is 11.6 Å². The van der Waals surface area contributed by atoms with Crippen LogP contribution < -0.4 is 10.1 Å². The molecule has 2 rings (SSSR count). The van der Waals surface area contributed by atoms with Gasteiger partial charge in [-0.1, -0.05) is 0 Å². The van der Waals surface area contributed by atoms with E-state index in [4.69, 9.17) is 4.74 Å². The molecule has 0 spiro atoms. The number of halogens is 1. The number of nitrogens with one attached hydrogen (secondary N) is 1. The van der Waals surface area contributed by atoms with E-state index in [-0.39, 0.29) is 22.7 Å². The van der Waals surface area contributed by atoms with Gasteiger partial charge < -0.3 is 10.1 Å². The lowest BCUT2D eigenvalue weighted by Gasteiger charge is -2.07. The van der Waals surface area contributed by atoms with Crippen LogP contribution in [-0.4, -0.2) is 22.9 Å². The van der Waals surface area contributed by atoms with E-state index >= 15 is 0 Å². The molecule has 0 aliphatic heterocycles. The van der Waals surface area contributed by atoms with Crippen LogP contribution in [0.3, 0.4) is 0 Å². The fourth-order valence-corrected chi connectivity index (χ4v) is 1.64. The molecular weight excluding hydrogens is 281 g/mol. The number of pyridine rings is 1. The van der Waals surface area contributed by atoms with E-state index in [0.29, 0.717) is 0 Å². The molecule has 0 radical (unpaired) electrons. The normalized spacial score (nSPS) is 10.0. The molecular formula is C13H10FN3O4. The van der Waals surface area contributed by atoms with Crippen LogP contribution in [0.15, 0.2) is 36.5 Å². The largest absolute Gasteiger partial charge is 0.496 e. The summed E-state index contributed by atoms with van der Waals surface area (Å²) in [6, 6.07) is 6.54. The van der Waals surface area contributed by atoms with E-state index in [1.807, 2.05) is 0 Å². The standard InChI is InChI=1S/C13H10FN3O4/c1-21-8-4-5-10(11(7-8)17(19)20)16-13(18)9-3-2-6-15-12(9)14/h2-7H,1H3,(H,16,18). The third-order valence-corrected chi connectivity index (χ3v) is 2.65. The van der Waals surface area contributed by atoms with Crippen molar-refractivity contribution < 1.29 is 18.8 Å². The number of aromatic nitrogens is 1. The third kappa shape index (κ3) is 3.11. The number of anilines is 1. The van der Waals surface area contributed by atoms with Gasteiger partial charge in [0.15, 0.2) is 0 Å². The van der Waals surface area contributed by atoms with Gasteiger partial charge in [0.2, 0.25) is 5.95 Å². The molecule has 0 saturated heterocycles. The number of nitrogens with zero attached hydrogens (tertiary/aromatic N) is 2. The number of hydrogen-bond donors (Lipinski definition) is 1. The Kier molecular flexibility index (Phi) is 4.07. The van der Waals surface area contributed by atoms with E-state index in [0.717, 1.165) is 6.07 Å². The number of nitro benzene ring substituents is 1. The van der Waals surface area contributed by atoms with Gasteiger partial charge in [0, 0.05) is 6.20 Å². The second-order valence-corrected chi connectivity index (χ2v) is 3.94. The third-order valence-electron chi connectivity index (χ3n) is 2.65. The van der Waals surface area contributed by atoms with Gasteiger partial charge in [-0.25, -0.2) is 4.98 Å². The van der Waals surface area contributed by atoms with Gasteiger partial charge >= 0.3 is 0 Å². The molecule has 21 heavy (non-hydrogen) atoms. The van der Waals surface area contributed by atoms with Crippen molar-refractivity contribution in [3.63, 3.8) is 0 Å². The average molecular weight is 291 g/mol. The van der Waals surface area contributed by atoms with Gasteiger partial charge in [-0.3, -0.25) is 14.9 Å². The van der Waals surface area contributed by atoms with Gasteiger partial charge in [-0.2, -0.15) is 4.39 Å². The van der Waals surface area contributed by atoms with E-state index in [1.54, 1.807) is 0 Å². The first-order valence-electron chi connectivity index (χ1n) is 5.77. The Balaban J connectivity index is 2.33. The number of nitro groups is 1. The van der Waals surface area contributed by atoms with E-state index in [1.165, 1.54) is 37.6 Å². The number of ether oxygens (including phenoxy) is 1. The monoisotopic (exact) mass is 291 g/mol. The van der Waals surface area contributed by atoms with Crippen molar-refractivity contribution in [2.24, 2.45) is 0 Å². The van der Waals surface area contributed by atoms with Crippen molar-refractivity contribution >= 4 is 17.3 Å². The highest BCUT2D eigenvalue weighted by atomic mass is 19.1. The number of rotatable bonds is 4. The highest BCUT2D eigenvalue weighted by Crippen LogP contribution is 2.29. The summed E-state index contributed by atoms with van der Waals surface area (Å²) < 4.78 is 18.3. The molecule has 2 aromatic rings.